The molecule has 0 fully saturated rings. The van der Waals surface area contributed by atoms with Crippen LogP contribution in [0.5, 0.6) is 0 Å². The first kappa shape index (κ1) is 12.7. The zero-order valence-electron chi connectivity index (χ0n) is 9.92. The van der Waals surface area contributed by atoms with Gasteiger partial charge in [0, 0.05) is 19.2 Å². The summed E-state index contributed by atoms with van der Waals surface area (Å²) in [5.74, 6) is -0.166. The molecule has 18 heavy (non-hydrogen) atoms. The van der Waals surface area contributed by atoms with Crippen LogP contribution in [-0.4, -0.2) is 35.8 Å². The minimum absolute atomic E-state index is 0.166. The van der Waals surface area contributed by atoms with Crippen molar-refractivity contribution in [3.05, 3.63) is 35.2 Å². The number of carbonyl (C=O) groups excluding carboxylic acids is 1. The highest BCUT2D eigenvalue weighted by molar-refractivity contribution is 7.08. The monoisotopic (exact) mass is 263 g/mol. The van der Waals surface area contributed by atoms with Crippen molar-refractivity contribution in [3.63, 3.8) is 0 Å². The molecule has 2 aromatic rings. The fourth-order valence-electron chi connectivity index (χ4n) is 1.47. The summed E-state index contributed by atoms with van der Waals surface area (Å²) < 4.78 is 8.73. The standard InChI is InChI=1S/C12H13N3O2S/c1-17-8-7-13-12(16)11-10(14-15-18-11)9-5-3-2-4-6-9/h2-6H,7-8H2,1H3,(H,13,16). The van der Waals surface area contributed by atoms with Crippen molar-refractivity contribution in [2.24, 2.45) is 0 Å². The highest BCUT2D eigenvalue weighted by Gasteiger charge is 2.16. The summed E-state index contributed by atoms with van der Waals surface area (Å²) in [6, 6.07) is 9.54. The number of amides is 1. The molecule has 0 unspecified atom stereocenters. The first-order valence-corrected chi connectivity index (χ1v) is 6.25. The zero-order chi connectivity index (χ0) is 12.8. The van der Waals surface area contributed by atoms with Gasteiger partial charge in [0.2, 0.25) is 0 Å². The number of rotatable bonds is 5. The first-order valence-electron chi connectivity index (χ1n) is 5.48. The predicted octanol–water partition coefficient (Wildman–Crippen LogP) is 1.58. The minimum Gasteiger partial charge on any atom is -0.383 e. The Labute approximate surface area is 109 Å². The molecule has 5 nitrogen and oxygen atoms in total. The number of hydrogen-bond donors (Lipinski definition) is 1. The molecular formula is C12H13N3O2S. The van der Waals surface area contributed by atoms with Crippen LogP contribution in [0.25, 0.3) is 11.3 Å². The Morgan fingerprint density at radius 3 is 2.89 bits per heavy atom. The SMILES string of the molecule is COCCNC(=O)c1snnc1-c1ccccc1. The second-order valence-electron chi connectivity index (χ2n) is 3.57. The summed E-state index contributed by atoms with van der Waals surface area (Å²) >= 11 is 1.10. The number of nitrogens with one attached hydrogen (secondary N) is 1. The van der Waals surface area contributed by atoms with Crippen LogP contribution in [0.15, 0.2) is 30.3 Å². The molecule has 0 spiro atoms. The van der Waals surface area contributed by atoms with Crippen LogP contribution in [0.2, 0.25) is 0 Å². The molecule has 0 aliphatic rings. The zero-order valence-corrected chi connectivity index (χ0v) is 10.7. The third kappa shape index (κ3) is 2.91. The molecule has 0 atom stereocenters. The molecule has 0 aliphatic carbocycles. The van der Waals surface area contributed by atoms with Gasteiger partial charge in [-0.05, 0) is 11.5 Å². The topological polar surface area (TPSA) is 64.1 Å². The third-order valence-electron chi connectivity index (χ3n) is 2.33. The van der Waals surface area contributed by atoms with Gasteiger partial charge < -0.3 is 10.1 Å². The van der Waals surface area contributed by atoms with Crippen molar-refractivity contribution in [3.8, 4) is 11.3 Å². The number of carbonyl (C=O) groups is 1. The third-order valence-corrected chi connectivity index (χ3v) is 3.06. The van der Waals surface area contributed by atoms with Gasteiger partial charge in [0.15, 0.2) is 0 Å². The number of methoxy groups -OCH3 is 1. The quantitative estimate of drug-likeness (QED) is 0.832. The fraction of sp³-hybridized carbons (Fsp3) is 0.250. The normalized spacial score (nSPS) is 10.3. The second kappa shape index (κ2) is 6.23. The van der Waals surface area contributed by atoms with Gasteiger partial charge in [-0.3, -0.25) is 4.79 Å². The number of aromatic nitrogens is 2. The summed E-state index contributed by atoms with van der Waals surface area (Å²) in [4.78, 5) is 12.5. The highest BCUT2D eigenvalue weighted by atomic mass is 32.1. The largest absolute Gasteiger partial charge is 0.383 e. The van der Waals surface area contributed by atoms with Crippen molar-refractivity contribution in [1.29, 1.82) is 0 Å². The lowest BCUT2D eigenvalue weighted by molar-refractivity contribution is 0.0941. The van der Waals surface area contributed by atoms with Crippen LogP contribution in [-0.2, 0) is 4.74 Å². The lowest BCUT2D eigenvalue weighted by Gasteiger charge is -2.03. The molecule has 1 heterocycles. The van der Waals surface area contributed by atoms with Gasteiger partial charge in [0.1, 0.15) is 10.6 Å². The average Bonchev–Trinajstić information content (AvgIpc) is 2.89. The Kier molecular flexibility index (Phi) is 4.38. The van der Waals surface area contributed by atoms with Crippen molar-refractivity contribution >= 4 is 17.4 Å². The van der Waals surface area contributed by atoms with E-state index >= 15 is 0 Å². The smallest absolute Gasteiger partial charge is 0.265 e. The molecule has 0 saturated carbocycles. The summed E-state index contributed by atoms with van der Waals surface area (Å²) in [6.07, 6.45) is 0. The van der Waals surface area contributed by atoms with Crippen LogP contribution in [0.4, 0.5) is 0 Å². The van der Waals surface area contributed by atoms with E-state index in [4.69, 9.17) is 4.74 Å². The molecule has 1 amide bonds. The van der Waals surface area contributed by atoms with E-state index in [0.717, 1.165) is 17.1 Å². The lowest BCUT2D eigenvalue weighted by atomic mass is 10.1. The van der Waals surface area contributed by atoms with Crippen LogP contribution in [0.3, 0.4) is 0 Å². The maximum absolute atomic E-state index is 11.9. The van der Waals surface area contributed by atoms with E-state index in [0.29, 0.717) is 23.7 Å². The second-order valence-corrected chi connectivity index (χ2v) is 4.32. The van der Waals surface area contributed by atoms with Gasteiger partial charge in [-0.2, -0.15) is 0 Å². The van der Waals surface area contributed by atoms with E-state index in [1.165, 1.54) is 0 Å². The molecule has 1 aromatic carbocycles. The summed E-state index contributed by atoms with van der Waals surface area (Å²) in [5.41, 5.74) is 1.51. The van der Waals surface area contributed by atoms with Crippen molar-refractivity contribution in [1.82, 2.24) is 14.9 Å². The average molecular weight is 263 g/mol. The molecule has 1 aromatic heterocycles. The Bertz CT molecular complexity index is 513. The van der Waals surface area contributed by atoms with E-state index in [1.54, 1.807) is 7.11 Å². The first-order chi connectivity index (χ1) is 8.83. The Balaban J connectivity index is 2.15. The van der Waals surface area contributed by atoms with Crippen LogP contribution >= 0.6 is 11.5 Å². The molecule has 0 radical (unpaired) electrons. The highest BCUT2D eigenvalue weighted by Crippen LogP contribution is 2.23. The molecule has 6 heteroatoms. The summed E-state index contributed by atoms with van der Waals surface area (Å²) in [7, 11) is 1.59. The fourth-order valence-corrected chi connectivity index (χ4v) is 2.08. The molecule has 0 bridgehead atoms. The van der Waals surface area contributed by atoms with Gasteiger partial charge in [-0.25, -0.2) is 0 Å². The van der Waals surface area contributed by atoms with Crippen molar-refractivity contribution in [2.45, 2.75) is 0 Å². The van der Waals surface area contributed by atoms with E-state index in [2.05, 4.69) is 14.9 Å². The Morgan fingerprint density at radius 2 is 2.17 bits per heavy atom. The molecule has 0 aliphatic heterocycles. The maximum atomic E-state index is 11.9. The molecule has 94 valence electrons. The number of ether oxygens (including phenoxy) is 1. The Hall–Kier alpha value is -1.79. The molecule has 2 rings (SSSR count). The van der Waals surface area contributed by atoms with E-state index in [-0.39, 0.29) is 5.91 Å². The number of benzene rings is 1. The van der Waals surface area contributed by atoms with Gasteiger partial charge in [0.25, 0.3) is 5.91 Å². The number of hydrogen-bond acceptors (Lipinski definition) is 5. The molecule has 0 saturated heterocycles. The van der Waals surface area contributed by atoms with Crippen LogP contribution in [0, 0.1) is 0 Å². The summed E-state index contributed by atoms with van der Waals surface area (Å²) in [5, 5.41) is 6.77. The Morgan fingerprint density at radius 1 is 1.39 bits per heavy atom. The maximum Gasteiger partial charge on any atom is 0.265 e. The molecular weight excluding hydrogens is 250 g/mol. The predicted molar refractivity (Wildman–Crippen MR) is 69.6 cm³/mol. The van der Waals surface area contributed by atoms with E-state index in [1.807, 2.05) is 30.3 Å². The lowest BCUT2D eigenvalue weighted by Crippen LogP contribution is -2.26. The van der Waals surface area contributed by atoms with Gasteiger partial charge in [-0.15, -0.1) is 5.10 Å². The van der Waals surface area contributed by atoms with Crippen LogP contribution in [0.1, 0.15) is 9.67 Å². The summed E-state index contributed by atoms with van der Waals surface area (Å²) in [6.45, 7) is 0.958. The van der Waals surface area contributed by atoms with Crippen molar-refractivity contribution < 1.29 is 9.53 Å². The number of nitrogens with zero attached hydrogens (tertiary/aromatic N) is 2. The molecule has 1 N–H and O–H groups in total. The minimum atomic E-state index is -0.166. The van der Waals surface area contributed by atoms with Gasteiger partial charge >= 0.3 is 0 Å². The van der Waals surface area contributed by atoms with E-state index in [9.17, 15) is 4.79 Å². The van der Waals surface area contributed by atoms with Gasteiger partial charge in [-0.1, -0.05) is 34.8 Å². The van der Waals surface area contributed by atoms with Gasteiger partial charge in [0.05, 0.1) is 6.61 Å². The van der Waals surface area contributed by atoms with E-state index < -0.39 is 0 Å². The van der Waals surface area contributed by atoms with Crippen LogP contribution < -0.4 is 5.32 Å². The van der Waals surface area contributed by atoms with Crippen molar-refractivity contribution in [2.75, 3.05) is 20.3 Å².